The number of rotatable bonds is 9. The van der Waals surface area contributed by atoms with Crippen LogP contribution >= 0.6 is 0 Å². The van der Waals surface area contributed by atoms with Gasteiger partial charge in [-0.2, -0.15) is 4.31 Å². The van der Waals surface area contributed by atoms with Crippen molar-refractivity contribution in [1.82, 2.24) is 24.6 Å². The number of methoxy groups -OCH3 is 1. The predicted molar refractivity (Wildman–Crippen MR) is 119 cm³/mol. The number of nitrogens with one attached hydrogen (secondary N) is 1. The molecule has 0 spiro atoms. The van der Waals surface area contributed by atoms with Crippen LogP contribution in [0.3, 0.4) is 0 Å². The Labute approximate surface area is 191 Å². The van der Waals surface area contributed by atoms with Crippen LogP contribution in [0.4, 0.5) is 4.39 Å². The predicted octanol–water partition coefficient (Wildman–Crippen LogP) is 2.08. The molecular weight excluding hydrogens is 449 g/mol. The maximum atomic E-state index is 13.4. The van der Waals surface area contributed by atoms with E-state index in [9.17, 15) is 17.6 Å². The highest BCUT2D eigenvalue weighted by Crippen LogP contribution is 2.28. The van der Waals surface area contributed by atoms with Gasteiger partial charge < -0.3 is 10.1 Å². The van der Waals surface area contributed by atoms with Gasteiger partial charge in [-0.15, -0.1) is 5.10 Å². The molecule has 1 saturated heterocycles. The van der Waals surface area contributed by atoms with Crippen molar-refractivity contribution in [2.45, 2.75) is 43.3 Å². The van der Waals surface area contributed by atoms with E-state index in [0.29, 0.717) is 31.5 Å². The van der Waals surface area contributed by atoms with Gasteiger partial charge >= 0.3 is 0 Å². The third kappa shape index (κ3) is 5.05. The maximum absolute atomic E-state index is 13.4. The fraction of sp³-hybridized carbons (Fsp3) is 0.409. The number of carbonyl (C=O) groups is 1. The standard InChI is InChI=1S/C22H26FN5O4S/c1-32-13-3-11-27-20-10-9-18(14-19(20)25-26-27)33(30,31)28-12-2-4-21(28)22(29)24-15-16-5-7-17(23)8-6-16/h5-10,14,21H,2-4,11-13,15H2,1H3,(H,24,29)/t21-/m0/s1. The summed E-state index contributed by atoms with van der Waals surface area (Å²) in [7, 11) is -2.27. The number of halogens is 1. The lowest BCUT2D eigenvalue weighted by Crippen LogP contribution is -2.45. The van der Waals surface area contributed by atoms with E-state index in [-0.39, 0.29) is 29.7 Å². The van der Waals surface area contributed by atoms with E-state index >= 15 is 0 Å². The molecule has 0 unspecified atom stereocenters. The van der Waals surface area contributed by atoms with Crippen molar-refractivity contribution in [1.29, 1.82) is 0 Å². The van der Waals surface area contributed by atoms with Crippen molar-refractivity contribution in [3.63, 3.8) is 0 Å². The first kappa shape index (κ1) is 23.3. The van der Waals surface area contributed by atoms with Crippen LogP contribution < -0.4 is 5.32 Å². The topological polar surface area (TPSA) is 106 Å². The molecule has 1 amide bonds. The lowest BCUT2D eigenvalue weighted by molar-refractivity contribution is -0.124. The Morgan fingerprint density at radius 1 is 1.24 bits per heavy atom. The zero-order chi connectivity index (χ0) is 23.4. The highest BCUT2D eigenvalue weighted by molar-refractivity contribution is 7.89. The van der Waals surface area contributed by atoms with E-state index in [2.05, 4.69) is 15.6 Å². The summed E-state index contributed by atoms with van der Waals surface area (Å²) in [5.41, 5.74) is 1.95. The molecule has 1 atom stereocenters. The number of ether oxygens (including phenoxy) is 1. The van der Waals surface area contributed by atoms with Crippen molar-refractivity contribution in [3.05, 3.63) is 53.8 Å². The van der Waals surface area contributed by atoms with Crippen molar-refractivity contribution in [3.8, 4) is 0 Å². The van der Waals surface area contributed by atoms with E-state index in [1.165, 1.54) is 28.6 Å². The molecule has 1 aliphatic heterocycles. The minimum atomic E-state index is -3.90. The summed E-state index contributed by atoms with van der Waals surface area (Å²) < 4.78 is 47.8. The molecule has 0 bridgehead atoms. The fourth-order valence-corrected chi connectivity index (χ4v) is 5.65. The Hall–Kier alpha value is -2.89. The molecule has 11 heteroatoms. The van der Waals surface area contributed by atoms with Gasteiger partial charge in [-0.1, -0.05) is 17.3 Å². The van der Waals surface area contributed by atoms with Crippen LogP contribution in [0, 0.1) is 5.82 Å². The number of benzene rings is 2. The maximum Gasteiger partial charge on any atom is 0.243 e. The summed E-state index contributed by atoms with van der Waals surface area (Å²) in [6, 6.07) is 9.71. The first-order valence-electron chi connectivity index (χ1n) is 10.8. The smallest absolute Gasteiger partial charge is 0.243 e. The Morgan fingerprint density at radius 3 is 2.79 bits per heavy atom. The molecule has 4 rings (SSSR count). The Morgan fingerprint density at radius 2 is 2.03 bits per heavy atom. The molecule has 2 heterocycles. The van der Waals surface area contributed by atoms with Crippen LogP contribution in [0.2, 0.25) is 0 Å². The minimum Gasteiger partial charge on any atom is -0.385 e. The normalized spacial score (nSPS) is 17.0. The third-order valence-corrected chi connectivity index (χ3v) is 7.60. The van der Waals surface area contributed by atoms with E-state index in [0.717, 1.165) is 17.5 Å². The summed E-state index contributed by atoms with van der Waals surface area (Å²) in [6.45, 7) is 1.66. The van der Waals surface area contributed by atoms with E-state index in [1.807, 2.05) is 0 Å². The summed E-state index contributed by atoms with van der Waals surface area (Å²) in [4.78, 5) is 12.9. The highest BCUT2D eigenvalue weighted by atomic mass is 32.2. The summed E-state index contributed by atoms with van der Waals surface area (Å²) in [6.07, 6.45) is 1.79. The molecular formula is C22H26FN5O4S. The van der Waals surface area contributed by atoms with Crippen molar-refractivity contribution >= 4 is 27.0 Å². The van der Waals surface area contributed by atoms with Gasteiger partial charge in [-0.25, -0.2) is 17.5 Å². The number of aromatic nitrogens is 3. The number of hydrogen-bond donors (Lipinski definition) is 1. The zero-order valence-corrected chi connectivity index (χ0v) is 19.1. The second-order valence-corrected chi connectivity index (χ2v) is 9.82. The molecule has 33 heavy (non-hydrogen) atoms. The van der Waals surface area contributed by atoms with Gasteiger partial charge in [-0.3, -0.25) is 4.79 Å². The van der Waals surface area contributed by atoms with Gasteiger partial charge in [-0.05, 0) is 55.2 Å². The number of nitrogens with zero attached hydrogens (tertiary/aromatic N) is 4. The molecule has 0 radical (unpaired) electrons. The average Bonchev–Trinajstić information content (AvgIpc) is 3.46. The fourth-order valence-electron chi connectivity index (χ4n) is 3.97. The van der Waals surface area contributed by atoms with Crippen LogP contribution in [-0.2, 0) is 32.6 Å². The van der Waals surface area contributed by atoms with Crippen LogP contribution in [-0.4, -0.2) is 59.9 Å². The lowest BCUT2D eigenvalue weighted by Gasteiger charge is -2.23. The van der Waals surface area contributed by atoms with Crippen LogP contribution in [0.25, 0.3) is 11.0 Å². The van der Waals surface area contributed by atoms with Crippen molar-refractivity contribution < 1.29 is 22.3 Å². The molecule has 176 valence electrons. The largest absolute Gasteiger partial charge is 0.385 e. The molecule has 9 nitrogen and oxygen atoms in total. The molecule has 3 aromatic rings. The van der Waals surface area contributed by atoms with Crippen LogP contribution in [0.5, 0.6) is 0 Å². The van der Waals surface area contributed by atoms with E-state index in [4.69, 9.17) is 4.74 Å². The molecule has 0 aliphatic carbocycles. The minimum absolute atomic E-state index is 0.0807. The second-order valence-electron chi connectivity index (χ2n) is 7.93. The number of amides is 1. The molecule has 1 aliphatic rings. The molecule has 1 N–H and O–H groups in total. The molecule has 0 saturated carbocycles. The highest BCUT2D eigenvalue weighted by Gasteiger charge is 2.39. The zero-order valence-electron chi connectivity index (χ0n) is 18.3. The van der Waals surface area contributed by atoms with Crippen LogP contribution in [0.1, 0.15) is 24.8 Å². The van der Waals surface area contributed by atoms with Gasteiger partial charge in [0.2, 0.25) is 15.9 Å². The summed E-state index contributed by atoms with van der Waals surface area (Å²) >= 11 is 0. The second kappa shape index (κ2) is 9.94. The quantitative estimate of drug-likeness (QED) is 0.475. The van der Waals surface area contributed by atoms with Gasteiger partial charge in [0.1, 0.15) is 17.4 Å². The number of fused-ring (bicyclic) bond motifs is 1. The summed E-state index contributed by atoms with van der Waals surface area (Å²) in [5.74, 6) is -0.726. The van der Waals surface area contributed by atoms with Crippen molar-refractivity contribution in [2.24, 2.45) is 0 Å². The van der Waals surface area contributed by atoms with Gasteiger partial charge in [0.15, 0.2) is 0 Å². The Bertz CT molecular complexity index is 1230. The molecule has 1 aromatic heterocycles. The van der Waals surface area contributed by atoms with Gasteiger partial charge in [0, 0.05) is 33.4 Å². The number of carbonyl (C=O) groups excluding carboxylic acids is 1. The van der Waals surface area contributed by atoms with Gasteiger partial charge in [0.05, 0.1) is 10.4 Å². The van der Waals surface area contributed by atoms with Crippen LogP contribution in [0.15, 0.2) is 47.4 Å². The van der Waals surface area contributed by atoms with Crippen molar-refractivity contribution in [2.75, 3.05) is 20.3 Å². The average molecular weight is 476 g/mol. The number of aryl methyl sites for hydroxylation is 1. The first-order chi connectivity index (χ1) is 15.9. The van der Waals surface area contributed by atoms with E-state index < -0.39 is 16.1 Å². The lowest BCUT2D eigenvalue weighted by atomic mass is 10.2. The molecule has 2 aromatic carbocycles. The van der Waals surface area contributed by atoms with E-state index in [1.54, 1.807) is 30.0 Å². The monoisotopic (exact) mass is 475 g/mol. The Balaban J connectivity index is 1.48. The Kier molecular flexibility index (Phi) is 7.01. The SMILES string of the molecule is COCCCn1nnc2cc(S(=O)(=O)N3CCC[C@H]3C(=O)NCc3ccc(F)cc3)ccc21. The number of hydrogen-bond acceptors (Lipinski definition) is 6. The summed E-state index contributed by atoms with van der Waals surface area (Å²) in [5, 5.41) is 11.0. The first-order valence-corrected chi connectivity index (χ1v) is 12.2. The molecule has 1 fully saturated rings. The number of sulfonamides is 1. The van der Waals surface area contributed by atoms with Gasteiger partial charge in [0.25, 0.3) is 0 Å². The third-order valence-electron chi connectivity index (χ3n) is 5.70.